The van der Waals surface area contributed by atoms with Crippen molar-refractivity contribution in [1.82, 2.24) is 4.72 Å². The van der Waals surface area contributed by atoms with Crippen molar-refractivity contribution in [3.05, 3.63) is 51.8 Å². The number of nitrogens with one attached hydrogen (secondary N) is 1. The number of halogens is 1. The van der Waals surface area contributed by atoms with Crippen LogP contribution in [0.3, 0.4) is 0 Å². The number of hydrogen-bond acceptors (Lipinski definition) is 3. The summed E-state index contributed by atoms with van der Waals surface area (Å²) in [4.78, 5) is 0. The van der Waals surface area contributed by atoms with E-state index in [2.05, 4.69) is 20.7 Å². The Morgan fingerprint density at radius 3 is 2.24 bits per heavy atom. The highest BCUT2D eigenvalue weighted by molar-refractivity contribution is 9.10. The summed E-state index contributed by atoms with van der Waals surface area (Å²) >= 11 is 4.50. The molecule has 0 radical (unpaired) electrons. The minimum Gasteiger partial charge on any atom is -0.206 e. The summed E-state index contributed by atoms with van der Waals surface area (Å²) in [6.07, 6.45) is 0. The number of hydrogen-bond donors (Lipinski definition) is 1. The molecule has 2 rings (SSSR count). The molecular weight excluding hydrogens is 370 g/mol. The molecule has 1 atom stereocenters. The fourth-order valence-corrected chi connectivity index (χ4v) is 5.86. The van der Waals surface area contributed by atoms with E-state index >= 15 is 0 Å². The molecule has 1 heterocycles. The monoisotopic (exact) mass is 387 g/mol. The molecule has 2 aromatic rings. The minimum atomic E-state index is -3.56. The molecule has 0 bridgehead atoms. The summed E-state index contributed by atoms with van der Waals surface area (Å²) < 4.78 is 29.0. The van der Waals surface area contributed by atoms with Crippen molar-refractivity contribution in [3.8, 4) is 0 Å². The molecule has 0 amide bonds. The zero-order chi connectivity index (χ0) is 15.7. The second-order valence-electron chi connectivity index (χ2n) is 5.89. The van der Waals surface area contributed by atoms with E-state index < -0.39 is 10.0 Å². The molecule has 1 N–H and O–H groups in total. The molecule has 21 heavy (non-hydrogen) atoms. The van der Waals surface area contributed by atoms with Crippen molar-refractivity contribution in [2.75, 3.05) is 0 Å². The lowest BCUT2D eigenvalue weighted by Gasteiger charge is -2.31. The molecule has 0 saturated carbocycles. The summed E-state index contributed by atoms with van der Waals surface area (Å²) in [5, 5.41) is 1.76. The molecule has 1 aromatic heterocycles. The van der Waals surface area contributed by atoms with Gasteiger partial charge in [-0.2, -0.15) is 0 Å². The average molecular weight is 388 g/mol. The number of thiophene rings is 1. The van der Waals surface area contributed by atoms with Crippen molar-refractivity contribution < 1.29 is 8.42 Å². The molecule has 0 aliphatic rings. The quantitative estimate of drug-likeness (QED) is 0.834. The highest BCUT2D eigenvalue weighted by atomic mass is 79.9. The van der Waals surface area contributed by atoms with E-state index in [9.17, 15) is 8.42 Å². The van der Waals surface area contributed by atoms with Gasteiger partial charge in [0.15, 0.2) is 0 Å². The maximum atomic E-state index is 12.6. The Hall–Kier alpha value is -0.690. The van der Waals surface area contributed by atoms with E-state index in [4.69, 9.17) is 0 Å². The van der Waals surface area contributed by atoms with Crippen LogP contribution in [-0.2, 0) is 10.0 Å². The summed E-state index contributed by atoms with van der Waals surface area (Å²) in [5.41, 5.74) is 0.722. The van der Waals surface area contributed by atoms with Crippen LogP contribution >= 0.6 is 27.3 Å². The predicted molar refractivity (Wildman–Crippen MR) is 91.0 cm³/mol. The number of benzene rings is 1. The first-order valence-corrected chi connectivity index (χ1v) is 9.67. The number of sulfonamides is 1. The second-order valence-corrected chi connectivity index (χ2v) is 9.57. The summed E-state index contributed by atoms with van der Waals surface area (Å²) in [6.45, 7) is 6.07. The molecule has 0 fully saturated rings. The van der Waals surface area contributed by atoms with Crippen molar-refractivity contribution in [2.24, 2.45) is 5.41 Å². The van der Waals surface area contributed by atoms with Gasteiger partial charge in [-0.25, -0.2) is 13.1 Å². The normalized spacial score (nSPS) is 14.1. The van der Waals surface area contributed by atoms with Gasteiger partial charge in [-0.15, -0.1) is 11.3 Å². The van der Waals surface area contributed by atoms with E-state index in [1.807, 2.05) is 51.1 Å². The Balaban J connectivity index is 2.39. The van der Waals surface area contributed by atoms with E-state index in [0.29, 0.717) is 8.68 Å². The van der Waals surface area contributed by atoms with Crippen LogP contribution in [0.1, 0.15) is 32.4 Å². The van der Waals surface area contributed by atoms with E-state index in [0.717, 1.165) is 5.56 Å². The Bertz CT molecular complexity index is 703. The van der Waals surface area contributed by atoms with Gasteiger partial charge >= 0.3 is 0 Å². The third-order valence-corrected chi connectivity index (χ3v) is 7.19. The molecule has 0 spiro atoms. The zero-order valence-corrected chi connectivity index (χ0v) is 15.3. The smallest absolute Gasteiger partial charge is 0.206 e. The van der Waals surface area contributed by atoms with Gasteiger partial charge in [0.25, 0.3) is 10.0 Å². The third kappa shape index (κ3) is 3.94. The Morgan fingerprint density at radius 1 is 1.14 bits per heavy atom. The SMILES string of the molecule is CC(C)(C)C(NS(=O)(=O)c1sccc1Br)c1ccccc1. The second kappa shape index (κ2) is 6.20. The van der Waals surface area contributed by atoms with Crippen LogP contribution < -0.4 is 4.72 Å². The summed E-state index contributed by atoms with van der Waals surface area (Å²) in [6, 6.07) is 11.1. The van der Waals surface area contributed by atoms with Gasteiger partial charge in [0.05, 0.1) is 6.04 Å². The topological polar surface area (TPSA) is 46.2 Å². The van der Waals surface area contributed by atoms with Crippen LogP contribution in [-0.4, -0.2) is 8.42 Å². The molecule has 0 aliphatic heterocycles. The average Bonchev–Trinajstić information content (AvgIpc) is 2.83. The molecule has 1 unspecified atom stereocenters. The van der Waals surface area contributed by atoms with Crippen LogP contribution in [0.5, 0.6) is 0 Å². The highest BCUT2D eigenvalue weighted by Gasteiger charge is 2.32. The van der Waals surface area contributed by atoms with Crippen LogP contribution in [0.4, 0.5) is 0 Å². The summed E-state index contributed by atoms with van der Waals surface area (Å²) in [5.74, 6) is 0. The van der Waals surface area contributed by atoms with Crippen LogP contribution in [0, 0.1) is 5.41 Å². The molecule has 3 nitrogen and oxygen atoms in total. The fourth-order valence-electron chi connectivity index (χ4n) is 2.07. The first kappa shape index (κ1) is 16.7. The molecule has 0 aliphatic carbocycles. The van der Waals surface area contributed by atoms with Crippen molar-refractivity contribution in [1.29, 1.82) is 0 Å². The predicted octanol–water partition coefficient (Wildman–Crippen LogP) is 4.58. The Kier molecular flexibility index (Phi) is 4.92. The molecule has 6 heteroatoms. The van der Waals surface area contributed by atoms with E-state index in [1.54, 1.807) is 11.4 Å². The van der Waals surface area contributed by atoms with Gasteiger partial charge < -0.3 is 0 Å². The largest absolute Gasteiger partial charge is 0.251 e. The van der Waals surface area contributed by atoms with E-state index in [-0.39, 0.29) is 11.5 Å². The lowest BCUT2D eigenvalue weighted by Crippen LogP contribution is -2.36. The van der Waals surface area contributed by atoms with Gasteiger partial charge in [0, 0.05) is 4.47 Å². The Labute approximate surface area is 138 Å². The van der Waals surface area contributed by atoms with Gasteiger partial charge in [-0.1, -0.05) is 51.1 Å². The van der Waals surface area contributed by atoms with Gasteiger partial charge in [-0.05, 0) is 38.4 Å². The van der Waals surface area contributed by atoms with Crippen LogP contribution in [0.2, 0.25) is 0 Å². The zero-order valence-electron chi connectivity index (χ0n) is 12.1. The lowest BCUT2D eigenvalue weighted by atomic mass is 9.83. The Morgan fingerprint density at radius 2 is 1.76 bits per heavy atom. The first-order chi connectivity index (χ1) is 9.72. The first-order valence-electron chi connectivity index (χ1n) is 6.52. The van der Waals surface area contributed by atoms with Crippen LogP contribution in [0.15, 0.2) is 50.5 Å². The molecule has 1 aromatic carbocycles. The van der Waals surface area contributed by atoms with Gasteiger partial charge in [0.2, 0.25) is 0 Å². The third-order valence-electron chi connectivity index (χ3n) is 3.10. The maximum absolute atomic E-state index is 12.6. The maximum Gasteiger partial charge on any atom is 0.251 e. The van der Waals surface area contributed by atoms with Gasteiger partial charge in [-0.3, -0.25) is 0 Å². The number of rotatable bonds is 4. The fraction of sp³-hybridized carbons (Fsp3) is 0.333. The van der Waals surface area contributed by atoms with Crippen molar-refractivity contribution in [2.45, 2.75) is 31.0 Å². The van der Waals surface area contributed by atoms with Crippen molar-refractivity contribution >= 4 is 37.3 Å². The molecule has 0 saturated heterocycles. The standard InChI is InChI=1S/C15H18BrNO2S2/c1-15(2,3)13(11-7-5-4-6-8-11)17-21(18,19)14-12(16)9-10-20-14/h4-10,13,17H,1-3H3. The van der Waals surface area contributed by atoms with Gasteiger partial charge in [0.1, 0.15) is 4.21 Å². The van der Waals surface area contributed by atoms with Crippen LogP contribution in [0.25, 0.3) is 0 Å². The summed E-state index contributed by atoms with van der Waals surface area (Å²) in [7, 11) is -3.56. The lowest BCUT2D eigenvalue weighted by molar-refractivity contribution is 0.304. The molecular formula is C15H18BrNO2S2. The molecule has 114 valence electrons. The van der Waals surface area contributed by atoms with Crippen molar-refractivity contribution in [3.63, 3.8) is 0 Å². The highest BCUT2D eigenvalue weighted by Crippen LogP contribution is 2.36. The minimum absolute atomic E-state index is 0.238. The van der Waals surface area contributed by atoms with E-state index in [1.165, 1.54) is 11.3 Å².